The van der Waals surface area contributed by atoms with Gasteiger partial charge >= 0.3 is 16.2 Å². The smallest absolute Gasteiger partial charge is 0.413 e. The van der Waals surface area contributed by atoms with E-state index in [1.54, 1.807) is 13.0 Å². The summed E-state index contributed by atoms with van der Waals surface area (Å²) in [6, 6.07) is 8.79. The van der Waals surface area contributed by atoms with Crippen molar-refractivity contribution in [3.05, 3.63) is 47.0 Å². The minimum Gasteiger partial charge on any atom is -0.453 e. The first kappa shape index (κ1) is 18.0. The normalized spacial score (nSPS) is 11.3. The highest BCUT2D eigenvalue weighted by Crippen LogP contribution is 2.25. The summed E-state index contributed by atoms with van der Waals surface area (Å²) < 4.78 is 34.6. The third kappa shape index (κ3) is 3.73. The number of nitrogens with zero attached hydrogens (tertiary/aromatic N) is 1. The number of methoxy groups -OCH3 is 1. The summed E-state index contributed by atoms with van der Waals surface area (Å²) in [6.45, 7) is 1.74. The maximum Gasteiger partial charge on any atom is 0.413 e. The lowest BCUT2D eigenvalue weighted by molar-refractivity contribution is 0.186. The number of ether oxygens (including phenoxy) is 1. The lowest BCUT2D eigenvalue weighted by Crippen LogP contribution is -2.11. The number of halogens is 1. The zero-order valence-electron chi connectivity index (χ0n) is 13.7. The number of nitrogens with one attached hydrogen (secondary N) is 2. The van der Waals surface area contributed by atoms with Gasteiger partial charge in [0, 0.05) is 5.02 Å². The van der Waals surface area contributed by atoms with Gasteiger partial charge in [-0.2, -0.15) is 8.42 Å². The van der Waals surface area contributed by atoms with Crippen molar-refractivity contribution < 1.29 is 22.1 Å². The SMILES string of the molecule is COC(=O)Nc1nc2ccc(S(=O)(=O)Oc3ccc(Cl)c(C)c3)cc2[nH]1. The van der Waals surface area contributed by atoms with Gasteiger partial charge in [0.25, 0.3) is 0 Å². The molecule has 0 spiro atoms. The molecule has 136 valence electrons. The van der Waals surface area contributed by atoms with Crippen molar-refractivity contribution >= 4 is 44.8 Å². The van der Waals surface area contributed by atoms with Crippen LogP contribution in [0.15, 0.2) is 41.3 Å². The molecular formula is C16H14ClN3O5S. The van der Waals surface area contributed by atoms with E-state index >= 15 is 0 Å². The van der Waals surface area contributed by atoms with Gasteiger partial charge in [-0.1, -0.05) is 11.6 Å². The van der Waals surface area contributed by atoms with E-state index in [0.717, 1.165) is 0 Å². The third-order valence-corrected chi connectivity index (χ3v) is 5.15. The quantitative estimate of drug-likeness (QED) is 0.654. The second-order valence-corrected chi connectivity index (χ2v) is 7.28. The standard InChI is InChI=1S/C16H14ClN3O5S/c1-9-7-10(3-5-12(9)17)25-26(22,23)11-4-6-13-14(8-11)19-15(18-13)20-16(21)24-2/h3-8H,1-2H3,(H2,18,19,20,21). The number of benzene rings is 2. The number of H-pyrrole nitrogens is 1. The number of hydrogen-bond donors (Lipinski definition) is 2. The van der Waals surface area contributed by atoms with E-state index in [1.807, 2.05) is 0 Å². The average molecular weight is 396 g/mol. The Kier molecular flexibility index (Phi) is 4.75. The van der Waals surface area contributed by atoms with Crippen LogP contribution >= 0.6 is 11.6 Å². The van der Waals surface area contributed by atoms with Gasteiger partial charge in [0.05, 0.1) is 18.1 Å². The molecule has 10 heteroatoms. The first-order valence-electron chi connectivity index (χ1n) is 7.34. The molecule has 8 nitrogen and oxygen atoms in total. The van der Waals surface area contributed by atoms with Crippen LogP contribution in [-0.4, -0.2) is 31.6 Å². The number of carbonyl (C=O) groups excluding carboxylic acids is 1. The van der Waals surface area contributed by atoms with Gasteiger partial charge in [-0.25, -0.2) is 9.78 Å². The van der Waals surface area contributed by atoms with Crippen molar-refractivity contribution in [1.82, 2.24) is 9.97 Å². The Morgan fingerprint density at radius 3 is 2.69 bits per heavy atom. The van der Waals surface area contributed by atoms with Gasteiger partial charge in [0.1, 0.15) is 10.6 Å². The number of carbonyl (C=O) groups is 1. The Bertz CT molecular complexity index is 1090. The second-order valence-electron chi connectivity index (χ2n) is 5.33. The van der Waals surface area contributed by atoms with Crippen molar-refractivity contribution in [3.63, 3.8) is 0 Å². The molecule has 0 unspecified atom stereocenters. The van der Waals surface area contributed by atoms with Crippen molar-refractivity contribution in [2.75, 3.05) is 12.4 Å². The molecule has 2 N–H and O–H groups in total. The molecule has 0 saturated heterocycles. The highest BCUT2D eigenvalue weighted by atomic mass is 35.5. The van der Waals surface area contributed by atoms with Crippen LogP contribution in [0.4, 0.5) is 10.7 Å². The van der Waals surface area contributed by atoms with Crippen molar-refractivity contribution in [1.29, 1.82) is 0 Å². The van der Waals surface area contributed by atoms with E-state index in [9.17, 15) is 13.2 Å². The third-order valence-electron chi connectivity index (χ3n) is 3.48. The van der Waals surface area contributed by atoms with Crippen molar-refractivity contribution in [2.45, 2.75) is 11.8 Å². The first-order valence-corrected chi connectivity index (χ1v) is 9.12. The average Bonchev–Trinajstić information content (AvgIpc) is 2.99. The van der Waals surface area contributed by atoms with E-state index in [1.165, 1.54) is 37.4 Å². The fourth-order valence-electron chi connectivity index (χ4n) is 2.19. The van der Waals surface area contributed by atoms with Crippen LogP contribution in [0.3, 0.4) is 0 Å². The number of rotatable bonds is 4. The topological polar surface area (TPSA) is 110 Å². The number of aryl methyl sites for hydroxylation is 1. The predicted octanol–water partition coefficient (Wildman–Crippen LogP) is 3.47. The Morgan fingerprint density at radius 2 is 2.00 bits per heavy atom. The maximum absolute atomic E-state index is 12.5. The molecule has 0 aliphatic rings. The molecule has 0 fully saturated rings. The summed E-state index contributed by atoms with van der Waals surface area (Å²) in [5.74, 6) is 0.292. The van der Waals surface area contributed by atoms with Crippen LogP contribution in [0.5, 0.6) is 5.75 Å². The molecule has 2 aromatic carbocycles. The summed E-state index contributed by atoms with van der Waals surface area (Å²) in [7, 11) is -2.84. The minimum absolute atomic E-state index is 0.0640. The van der Waals surface area contributed by atoms with Gasteiger partial charge in [-0.05, 0) is 48.9 Å². The highest BCUT2D eigenvalue weighted by molar-refractivity contribution is 7.87. The van der Waals surface area contributed by atoms with Gasteiger partial charge in [-0.15, -0.1) is 0 Å². The molecule has 0 atom stereocenters. The first-order chi connectivity index (χ1) is 12.3. The van der Waals surface area contributed by atoms with Gasteiger partial charge in [0.2, 0.25) is 5.95 Å². The molecule has 1 aromatic heterocycles. The number of amides is 1. The molecule has 0 aliphatic heterocycles. The molecule has 0 radical (unpaired) electrons. The molecular weight excluding hydrogens is 382 g/mol. The van der Waals surface area contributed by atoms with Crippen molar-refractivity contribution in [3.8, 4) is 5.75 Å². The predicted molar refractivity (Wildman–Crippen MR) is 96.1 cm³/mol. The number of aromatic nitrogens is 2. The van der Waals surface area contributed by atoms with Crippen LogP contribution < -0.4 is 9.50 Å². The number of imidazole rings is 1. The summed E-state index contributed by atoms with van der Waals surface area (Å²) in [6.07, 6.45) is -0.696. The molecule has 26 heavy (non-hydrogen) atoms. The Hall–Kier alpha value is -2.78. The fraction of sp³-hybridized carbons (Fsp3) is 0.125. The summed E-state index contributed by atoms with van der Waals surface area (Å²) in [5, 5.41) is 2.88. The minimum atomic E-state index is -4.06. The number of fused-ring (bicyclic) bond motifs is 1. The second kappa shape index (κ2) is 6.85. The Balaban J connectivity index is 1.90. The molecule has 1 amide bonds. The van der Waals surface area contributed by atoms with Crippen LogP contribution in [0.1, 0.15) is 5.56 Å². The molecule has 0 aliphatic carbocycles. The number of hydrogen-bond acceptors (Lipinski definition) is 6. The van der Waals surface area contributed by atoms with E-state index in [0.29, 0.717) is 21.6 Å². The lowest BCUT2D eigenvalue weighted by Gasteiger charge is -2.08. The monoisotopic (exact) mass is 395 g/mol. The number of anilines is 1. The summed E-state index contributed by atoms with van der Waals surface area (Å²) in [5.41, 5.74) is 1.58. The Labute approximate surface area is 154 Å². The van der Waals surface area contributed by atoms with Gasteiger partial charge < -0.3 is 13.9 Å². The van der Waals surface area contributed by atoms with E-state index in [4.69, 9.17) is 15.8 Å². The molecule has 3 rings (SSSR count). The maximum atomic E-state index is 12.5. The van der Waals surface area contributed by atoms with Gasteiger partial charge in [-0.3, -0.25) is 5.32 Å². The van der Waals surface area contributed by atoms with E-state index in [-0.39, 0.29) is 16.6 Å². The van der Waals surface area contributed by atoms with Crippen LogP contribution in [-0.2, 0) is 14.9 Å². The lowest BCUT2D eigenvalue weighted by atomic mass is 10.2. The number of aromatic amines is 1. The largest absolute Gasteiger partial charge is 0.453 e. The van der Waals surface area contributed by atoms with Gasteiger partial charge in [0.15, 0.2) is 0 Å². The molecule has 3 aromatic rings. The van der Waals surface area contributed by atoms with Crippen LogP contribution in [0, 0.1) is 6.92 Å². The zero-order chi connectivity index (χ0) is 18.9. The van der Waals surface area contributed by atoms with Crippen LogP contribution in [0.2, 0.25) is 5.02 Å². The highest BCUT2D eigenvalue weighted by Gasteiger charge is 2.19. The molecule has 0 saturated carbocycles. The van der Waals surface area contributed by atoms with E-state index in [2.05, 4.69) is 20.0 Å². The summed E-state index contributed by atoms with van der Waals surface area (Å²) >= 11 is 5.93. The van der Waals surface area contributed by atoms with Crippen LogP contribution in [0.25, 0.3) is 11.0 Å². The van der Waals surface area contributed by atoms with Crippen molar-refractivity contribution in [2.24, 2.45) is 0 Å². The molecule has 0 bridgehead atoms. The zero-order valence-corrected chi connectivity index (χ0v) is 15.3. The fourth-order valence-corrected chi connectivity index (χ4v) is 3.26. The Morgan fingerprint density at radius 1 is 1.23 bits per heavy atom. The van der Waals surface area contributed by atoms with E-state index < -0.39 is 16.2 Å². The molecule has 1 heterocycles. The summed E-state index contributed by atoms with van der Waals surface area (Å²) in [4.78, 5) is 18.1.